The molecule has 1 aromatic rings. The van der Waals surface area contributed by atoms with Crippen LogP contribution in [0.25, 0.3) is 0 Å². The maximum absolute atomic E-state index is 9.53. The van der Waals surface area contributed by atoms with Crippen molar-refractivity contribution in [3.63, 3.8) is 0 Å². The third-order valence-corrected chi connectivity index (χ3v) is 4.21. The molecule has 0 radical (unpaired) electrons. The predicted molar refractivity (Wildman–Crippen MR) is 93.4 cm³/mol. The molecule has 23 heavy (non-hydrogen) atoms. The first-order valence-electron chi connectivity index (χ1n) is 8.81. The van der Waals surface area contributed by atoms with E-state index in [-0.39, 0.29) is 6.61 Å². The van der Waals surface area contributed by atoms with Crippen molar-refractivity contribution in [2.75, 3.05) is 11.9 Å². The van der Waals surface area contributed by atoms with Gasteiger partial charge in [0.1, 0.15) is 11.6 Å². The van der Waals surface area contributed by atoms with Gasteiger partial charge in [-0.3, -0.25) is 0 Å². The first-order chi connectivity index (χ1) is 11.2. The van der Waals surface area contributed by atoms with Crippen LogP contribution in [0.3, 0.4) is 0 Å². The number of hydrogen-bond donors (Lipinski definition) is 2. The van der Waals surface area contributed by atoms with E-state index in [4.69, 9.17) is 5.11 Å². The van der Waals surface area contributed by atoms with Crippen molar-refractivity contribution in [1.82, 2.24) is 10.2 Å². The molecule has 128 valence electrons. The average molecular weight is 318 g/mol. The first-order valence-corrected chi connectivity index (χ1v) is 8.81. The normalized spacial score (nSPS) is 12.0. The van der Waals surface area contributed by atoms with Crippen LogP contribution in [0, 0.1) is 18.3 Å². The summed E-state index contributed by atoms with van der Waals surface area (Å²) in [7, 11) is 0. The van der Waals surface area contributed by atoms with Crippen LogP contribution < -0.4 is 5.32 Å². The van der Waals surface area contributed by atoms with E-state index in [1.807, 2.05) is 6.92 Å². The molecule has 5 nitrogen and oxygen atoms in total. The van der Waals surface area contributed by atoms with Crippen molar-refractivity contribution in [3.8, 4) is 6.07 Å². The lowest BCUT2D eigenvalue weighted by Crippen LogP contribution is -2.21. The van der Waals surface area contributed by atoms with Crippen LogP contribution >= 0.6 is 0 Å². The second kappa shape index (κ2) is 11.0. The molecule has 1 atom stereocenters. The van der Waals surface area contributed by atoms with Crippen LogP contribution in [0.1, 0.15) is 75.6 Å². The highest BCUT2D eigenvalue weighted by atomic mass is 16.2. The Bertz CT molecular complexity index is 510. The van der Waals surface area contributed by atoms with Crippen LogP contribution in [0.4, 0.5) is 5.82 Å². The lowest BCUT2D eigenvalue weighted by molar-refractivity contribution is 0.288. The molecule has 0 aliphatic carbocycles. The van der Waals surface area contributed by atoms with E-state index < -0.39 is 0 Å². The molecule has 1 unspecified atom stereocenters. The molecule has 0 aliphatic rings. The van der Waals surface area contributed by atoms with Crippen LogP contribution in [0.15, 0.2) is 0 Å². The predicted octanol–water partition coefficient (Wildman–Crippen LogP) is 3.74. The second-order valence-corrected chi connectivity index (χ2v) is 6.03. The van der Waals surface area contributed by atoms with Gasteiger partial charge in [0.15, 0.2) is 5.82 Å². The van der Waals surface area contributed by atoms with Crippen molar-refractivity contribution in [3.05, 3.63) is 16.8 Å². The number of nitrogens with one attached hydrogen (secondary N) is 1. The monoisotopic (exact) mass is 318 g/mol. The Balaban J connectivity index is 2.83. The molecule has 0 aliphatic heterocycles. The average Bonchev–Trinajstić information content (AvgIpc) is 2.57. The largest absolute Gasteiger partial charge is 0.396 e. The van der Waals surface area contributed by atoms with Gasteiger partial charge in [0.05, 0.1) is 5.69 Å². The van der Waals surface area contributed by atoms with Gasteiger partial charge >= 0.3 is 0 Å². The fraction of sp³-hybridized carbons (Fsp3) is 0.722. The van der Waals surface area contributed by atoms with Gasteiger partial charge in [0, 0.05) is 12.6 Å². The summed E-state index contributed by atoms with van der Waals surface area (Å²) in [5, 5.41) is 30.4. The molecule has 5 heteroatoms. The highest BCUT2D eigenvalue weighted by molar-refractivity contribution is 5.56. The molecular formula is C18H30N4O. The number of nitriles is 1. The SMILES string of the molecule is CCCCCCC(CC)Nc1nnc(C)c(CCCO)c1C#N. The Morgan fingerprint density at radius 1 is 1.17 bits per heavy atom. The third kappa shape index (κ3) is 6.15. The summed E-state index contributed by atoms with van der Waals surface area (Å²) in [6.07, 6.45) is 8.33. The molecule has 0 bridgehead atoms. The standard InChI is InChI=1S/C18H30N4O/c1-4-6-7-8-10-15(5-2)20-18-17(13-19)16(11-9-12-23)14(3)21-22-18/h15,23H,4-12H2,1-3H3,(H,20,22). The minimum Gasteiger partial charge on any atom is -0.396 e. The van der Waals surface area contributed by atoms with Crippen LogP contribution in [-0.4, -0.2) is 28.0 Å². The Hall–Kier alpha value is -1.67. The highest BCUT2D eigenvalue weighted by Gasteiger charge is 2.16. The maximum Gasteiger partial charge on any atom is 0.167 e. The molecule has 1 rings (SSSR count). The number of aryl methyl sites for hydroxylation is 1. The van der Waals surface area contributed by atoms with Gasteiger partial charge in [-0.25, -0.2) is 0 Å². The van der Waals surface area contributed by atoms with E-state index in [0.717, 1.165) is 24.1 Å². The van der Waals surface area contributed by atoms with Crippen molar-refractivity contribution in [1.29, 1.82) is 5.26 Å². The van der Waals surface area contributed by atoms with Crippen molar-refractivity contribution in [2.45, 2.75) is 78.2 Å². The minimum absolute atomic E-state index is 0.115. The molecule has 1 heterocycles. The molecule has 0 fully saturated rings. The van der Waals surface area contributed by atoms with E-state index >= 15 is 0 Å². The van der Waals surface area contributed by atoms with E-state index in [9.17, 15) is 5.26 Å². The lowest BCUT2D eigenvalue weighted by Gasteiger charge is -2.19. The Morgan fingerprint density at radius 2 is 1.96 bits per heavy atom. The zero-order valence-corrected chi connectivity index (χ0v) is 14.7. The van der Waals surface area contributed by atoms with Crippen molar-refractivity contribution >= 4 is 5.82 Å². The second-order valence-electron chi connectivity index (χ2n) is 6.03. The van der Waals surface area contributed by atoms with Crippen LogP contribution in [-0.2, 0) is 6.42 Å². The lowest BCUT2D eigenvalue weighted by atomic mass is 10.0. The summed E-state index contributed by atoms with van der Waals surface area (Å²) in [6.45, 7) is 6.35. The van der Waals surface area contributed by atoms with Gasteiger partial charge in [0.25, 0.3) is 0 Å². The van der Waals surface area contributed by atoms with E-state index in [0.29, 0.717) is 30.3 Å². The highest BCUT2D eigenvalue weighted by Crippen LogP contribution is 2.22. The fourth-order valence-corrected chi connectivity index (χ4v) is 2.73. The number of aliphatic hydroxyl groups excluding tert-OH is 1. The fourth-order valence-electron chi connectivity index (χ4n) is 2.73. The quantitative estimate of drug-likeness (QED) is 0.607. The summed E-state index contributed by atoms with van der Waals surface area (Å²) in [5.74, 6) is 0.591. The summed E-state index contributed by atoms with van der Waals surface area (Å²) in [5.41, 5.74) is 2.26. The number of aromatic nitrogens is 2. The Morgan fingerprint density at radius 3 is 2.57 bits per heavy atom. The van der Waals surface area contributed by atoms with E-state index in [1.165, 1.54) is 25.7 Å². The van der Waals surface area contributed by atoms with Gasteiger partial charge < -0.3 is 10.4 Å². The van der Waals surface area contributed by atoms with Gasteiger partial charge in [0.2, 0.25) is 0 Å². The molecule has 0 amide bonds. The van der Waals surface area contributed by atoms with E-state index in [2.05, 4.69) is 35.4 Å². The Kier molecular flexibility index (Phi) is 9.23. The van der Waals surface area contributed by atoms with Gasteiger partial charge in [-0.15, -0.1) is 5.10 Å². The summed E-state index contributed by atoms with van der Waals surface area (Å²) in [6, 6.07) is 2.59. The number of hydrogen-bond acceptors (Lipinski definition) is 5. The smallest absolute Gasteiger partial charge is 0.167 e. The maximum atomic E-state index is 9.53. The summed E-state index contributed by atoms with van der Waals surface area (Å²) >= 11 is 0. The number of nitrogens with zero attached hydrogens (tertiary/aromatic N) is 3. The first kappa shape index (κ1) is 19.4. The third-order valence-electron chi connectivity index (χ3n) is 4.21. The van der Waals surface area contributed by atoms with E-state index in [1.54, 1.807) is 0 Å². The van der Waals surface area contributed by atoms with Crippen LogP contribution in [0.2, 0.25) is 0 Å². The molecule has 0 saturated carbocycles. The van der Waals surface area contributed by atoms with Gasteiger partial charge in [-0.2, -0.15) is 10.4 Å². The van der Waals surface area contributed by atoms with Crippen LogP contribution in [0.5, 0.6) is 0 Å². The number of unbranched alkanes of at least 4 members (excludes halogenated alkanes) is 3. The number of aliphatic hydroxyl groups is 1. The molecule has 1 aromatic heterocycles. The number of anilines is 1. The molecule has 0 saturated heterocycles. The molecule has 0 aromatic carbocycles. The van der Waals surface area contributed by atoms with Crippen molar-refractivity contribution < 1.29 is 5.11 Å². The van der Waals surface area contributed by atoms with Gasteiger partial charge in [-0.1, -0.05) is 39.5 Å². The van der Waals surface area contributed by atoms with Gasteiger partial charge in [-0.05, 0) is 38.2 Å². The topological polar surface area (TPSA) is 81.8 Å². The summed E-state index contributed by atoms with van der Waals surface area (Å²) < 4.78 is 0. The summed E-state index contributed by atoms with van der Waals surface area (Å²) in [4.78, 5) is 0. The molecule has 2 N–H and O–H groups in total. The molecular weight excluding hydrogens is 288 g/mol. The zero-order chi connectivity index (χ0) is 17.1. The zero-order valence-electron chi connectivity index (χ0n) is 14.7. The molecule has 0 spiro atoms. The minimum atomic E-state index is 0.115. The number of rotatable bonds is 11. The Labute approximate surface area is 140 Å². The van der Waals surface area contributed by atoms with Crippen molar-refractivity contribution in [2.24, 2.45) is 0 Å².